The molecule has 1 saturated heterocycles. The van der Waals surface area contributed by atoms with Crippen molar-refractivity contribution in [3.8, 4) is 0 Å². The van der Waals surface area contributed by atoms with Gasteiger partial charge in [0.15, 0.2) is 0 Å². The zero-order chi connectivity index (χ0) is 17.8. The van der Waals surface area contributed by atoms with Crippen molar-refractivity contribution in [1.29, 1.82) is 0 Å². The number of benzene rings is 1. The van der Waals surface area contributed by atoms with E-state index in [0.717, 1.165) is 42.4 Å². The van der Waals surface area contributed by atoms with E-state index in [4.69, 9.17) is 0 Å². The number of nitrogens with one attached hydrogen (secondary N) is 1. The van der Waals surface area contributed by atoms with Crippen LogP contribution in [0, 0.1) is 6.92 Å². The molecule has 2 aromatic rings. The Morgan fingerprint density at radius 3 is 2.96 bits per heavy atom. The quantitative estimate of drug-likeness (QED) is 0.906. The number of hydrogen-bond donors (Lipinski definition) is 1. The van der Waals surface area contributed by atoms with Crippen molar-refractivity contribution in [2.45, 2.75) is 45.6 Å². The van der Waals surface area contributed by atoms with E-state index in [0.29, 0.717) is 25.9 Å². The average Bonchev–Trinajstić information content (AvgIpc) is 2.75. The maximum atomic E-state index is 12.2. The SMILES string of the molecule is Cc1ccc2c(c1)c(CNC(=O)CCN1CCCCCC1=O)nn2C. The van der Waals surface area contributed by atoms with Crippen LogP contribution >= 0.6 is 0 Å². The highest BCUT2D eigenvalue weighted by atomic mass is 16.2. The first kappa shape index (κ1) is 17.5. The molecule has 6 heteroatoms. The van der Waals surface area contributed by atoms with Crippen LogP contribution in [0.4, 0.5) is 0 Å². The summed E-state index contributed by atoms with van der Waals surface area (Å²) in [6.45, 7) is 3.74. The highest BCUT2D eigenvalue weighted by Crippen LogP contribution is 2.19. The van der Waals surface area contributed by atoms with Crippen molar-refractivity contribution in [3.05, 3.63) is 29.5 Å². The number of likely N-dealkylation sites (tertiary alicyclic amines) is 1. The summed E-state index contributed by atoms with van der Waals surface area (Å²) in [5.74, 6) is 0.139. The lowest BCUT2D eigenvalue weighted by Gasteiger charge is -2.19. The van der Waals surface area contributed by atoms with Crippen LogP contribution in [0.1, 0.15) is 43.4 Å². The third kappa shape index (κ3) is 4.18. The molecule has 0 saturated carbocycles. The fourth-order valence-corrected chi connectivity index (χ4v) is 3.36. The first-order chi connectivity index (χ1) is 12.0. The highest BCUT2D eigenvalue weighted by molar-refractivity contribution is 5.83. The predicted octanol–water partition coefficient (Wildman–Crippen LogP) is 2.29. The monoisotopic (exact) mass is 342 g/mol. The minimum atomic E-state index is -0.0384. The maximum Gasteiger partial charge on any atom is 0.222 e. The summed E-state index contributed by atoms with van der Waals surface area (Å²) in [4.78, 5) is 26.0. The number of fused-ring (bicyclic) bond motifs is 1. The average molecular weight is 342 g/mol. The second-order valence-electron chi connectivity index (χ2n) is 6.81. The molecule has 1 aromatic carbocycles. The summed E-state index contributed by atoms with van der Waals surface area (Å²) in [7, 11) is 1.91. The van der Waals surface area contributed by atoms with Crippen molar-refractivity contribution in [2.75, 3.05) is 13.1 Å². The molecule has 1 aromatic heterocycles. The van der Waals surface area contributed by atoms with Crippen LogP contribution in [0.15, 0.2) is 18.2 Å². The first-order valence-electron chi connectivity index (χ1n) is 9.01. The number of aromatic nitrogens is 2. The van der Waals surface area contributed by atoms with Crippen molar-refractivity contribution in [3.63, 3.8) is 0 Å². The molecule has 1 fully saturated rings. The molecule has 1 aliphatic heterocycles. The second kappa shape index (κ2) is 7.68. The van der Waals surface area contributed by atoms with E-state index in [1.54, 1.807) is 0 Å². The molecule has 25 heavy (non-hydrogen) atoms. The van der Waals surface area contributed by atoms with Gasteiger partial charge in [0.25, 0.3) is 0 Å². The van der Waals surface area contributed by atoms with Crippen molar-refractivity contribution in [1.82, 2.24) is 20.0 Å². The molecule has 134 valence electrons. The van der Waals surface area contributed by atoms with Gasteiger partial charge >= 0.3 is 0 Å². The molecule has 0 spiro atoms. The van der Waals surface area contributed by atoms with Gasteiger partial charge in [-0.15, -0.1) is 0 Å². The molecule has 1 aliphatic rings. The molecule has 2 heterocycles. The van der Waals surface area contributed by atoms with Crippen LogP contribution in [-0.4, -0.2) is 39.6 Å². The highest BCUT2D eigenvalue weighted by Gasteiger charge is 2.17. The minimum Gasteiger partial charge on any atom is -0.350 e. The molecule has 3 rings (SSSR count). The topological polar surface area (TPSA) is 67.2 Å². The lowest BCUT2D eigenvalue weighted by Crippen LogP contribution is -2.34. The lowest BCUT2D eigenvalue weighted by molar-refractivity contribution is -0.131. The molecule has 6 nitrogen and oxygen atoms in total. The van der Waals surface area contributed by atoms with Gasteiger partial charge < -0.3 is 10.2 Å². The third-order valence-electron chi connectivity index (χ3n) is 4.82. The molecular weight excluding hydrogens is 316 g/mol. The molecule has 0 radical (unpaired) electrons. The summed E-state index contributed by atoms with van der Waals surface area (Å²) in [6, 6.07) is 6.21. The van der Waals surface area contributed by atoms with Crippen molar-refractivity contribution < 1.29 is 9.59 Å². The van der Waals surface area contributed by atoms with Crippen molar-refractivity contribution >= 4 is 22.7 Å². The van der Waals surface area contributed by atoms with E-state index in [1.165, 1.54) is 5.56 Å². The predicted molar refractivity (Wildman–Crippen MR) is 97.0 cm³/mol. The number of carbonyl (C=O) groups is 2. The van der Waals surface area contributed by atoms with Crippen LogP contribution in [0.3, 0.4) is 0 Å². The summed E-state index contributed by atoms with van der Waals surface area (Å²) in [6.07, 6.45) is 4.05. The first-order valence-corrected chi connectivity index (χ1v) is 9.01. The minimum absolute atomic E-state index is 0.0384. The normalized spacial score (nSPS) is 15.4. The Morgan fingerprint density at radius 1 is 1.28 bits per heavy atom. The molecular formula is C19H26N4O2. The van der Waals surface area contributed by atoms with Gasteiger partial charge in [-0.25, -0.2) is 0 Å². The largest absolute Gasteiger partial charge is 0.350 e. The van der Waals surface area contributed by atoms with Gasteiger partial charge in [0.05, 0.1) is 17.8 Å². The number of hydrogen-bond acceptors (Lipinski definition) is 3. The van der Waals surface area contributed by atoms with E-state index in [1.807, 2.05) is 29.6 Å². The molecule has 0 atom stereocenters. The number of carbonyl (C=O) groups excluding carboxylic acids is 2. The second-order valence-corrected chi connectivity index (χ2v) is 6.81. The summed E-state index contributed by atoms with van der Waals surface area (Å²) in [5.41, 5.74) is 3.11. The van der Waals surface area contributed by atoms with Gasteiger partial charge in [-0.05, 0) is 31.9 Å². The maximum absolute atomic E-state index is 12.2. The van der Waals surface area contributed by atoms with Gasteiger partial charge in [0.2, 0.25) is 11.8 Å². The van der Waals surface area contributed by atoms with Crippen LogP contribution in [-0.2, 0) is 23.2 Å². The van der Waals surface area contributed by atoms with Gasteiger partial charge in [0.1, 0.15) is 0 Å². The smallest absolute Gasteiger partial charge is 0.222 e. The van der Waals surface area contributed by atoms with Crippen LogP contribution < -0.4 is 5.32 Å². The molecule has 2 amide bonds. The fraction of sp³-hybridized carbons (Fsp3) is 0.526. The molecule has 0 aliphatic carbocycles. The van der Waals surface area contributed by atoms with E-state index in [9.17, 15) is 9.59 Å². The number of rotatable bonds is 5. The van der Waals surface area contributed by atoms with Crippen molar-refractivity contribution in [2.24, 2.45) is 7.05 Å². The Balaban J connectivity index is 1.55. The van der Waals surface area contributed by atoms with Gasteiger partial charge in [-0.1, -0.05) is 18.1 Å². The number of amides is 2. The summed E-state index contributed by atoms with van der Waals surface area (Å²) >= 11 is 0. The van der Waals surface area contributed by atoms with Crippen LogP contribution in [0.25, 0.3) is 10.9 Å². The zero-order valence-corrected chi connectivity index (χ0v) is 15.0. The van der Waals surface area contributed by atoms with Gasteiger partial charge in [0, 0.05) is 38.4 Å². The standard InChI is InChI=1S/C19H26N4O2/c1-14-7-8-17-15(12-14)16(21-22(17)2)13-20-18(24)9-11-23-10-5-3-4-6-19(23)25/h7-8,12H,3-6,9-11,13H2,1-2H3,(H,20,24). The van der Waals surface area contributed by atoms with E-state index < -0.39 is 0 Å². The Bertz CT molecular complexity index is 781. The van der Waals surface area contributed by atoms with Gasteiger partial charge in [-0.2, -0.15) is 5.10 Å². The van der Waals surface area contributed by atoms with Gasteiger partial charge in [-0.3, -0.25) is 14.3 Å². The molecule has 0 bridgehead atoms. The summed E-state index contributed by atoms with van der Waals surface area (Å²) < 4.78 is 1.84. The Hall–Kier alpha value is -2.37. The van der Waals surface area contributed by atoms with E-state index in [2.05, 4.69) is 22.5 Å². The lowest BCUT2D eigenvalue weighted by atomic mass is 10.1. The van der Waals surface area contributed by atoms with E-state index >= 15 is 0 Å². The molecule has 1 N–H and O–H groups in total. The summed E-state index contributed by atoms with van der Waals surface area (Å²) in [5, 5.41) is 8.53. The Kier molecular flexibility index (Phi) is 5.36. The number of nitrogens with zero attached hydrogens (tertiary/aromatic N) is 3. The van der Waals surface area contributed by atoms with Crippen LogP contribution in [0.2, 0.25) is 0 Å². The molecule has 0 unspecified atom stereocenters. The number of aryl methyl sites for hydroxylation is 2. The fourth-order valence-electron chi connectivity index (χ4n) is 3.36. The Morgan fingerprint density at radius 2 is 2.12 bits per heavy atom. The van der Waals surface area contributed by atoms with E-state index in [-0.39, 0.29) is 11.8 Å². The van der Waals surface area contributed by atoms with Crippen LogP contribution in [0.5, 0.6) is 0 Å². The zero-order valence-electron chi connectivity index (χ0n) is 15.0. The third-order valence-corrected chi connectivity index (χ3v) is 4.82. The Labute approximate surface area is 148 Å².